The van der Waals surface area contributed by atoms with Crippen LogP contribution in [0.25, 0.3) is 0 Å². The molecule has 0 bridgehead atoms. The number of halogens is 5. The SMILES string of the molecule is O=C1CCN(C(=S)Nc2ccc(Cl)c(Cl)c2)C(Cc2cccc(C(F)(F)F)c2)CN1CCCN1CCCCC1. The fraction of sp³-hybridized carbons (Fsp3) is 0.500. The van der Waals surface area contributed by atoms with E-state index < -0.39 is 11.7 Å². The highest BCUT2D eigenvalue weighted by Gasteiger charge is 2.33. The molecule has 0 spiro atoms. The molecule has 11 heteroatoms. The van der Waals surface area contributed by atoms with Gasteiger partial charge in [0, 0.05) is 31.7 Å². The number of hydrogen-bond donors (Lipinski definition) is 1. The molecule has 2 aromatic rings. The number of anilines is 1. The third kappa shape index (κ3) is 8.46. The average Bonchev–Trinajstić information content (AvgIpc) is 3.05. The Bertz CT molecular complexity index is 1160. The molecule has 2 aliphatic heterocycles. The second kappa shape index (κ2) is 13.5. The Labute approximate surface area is 243 Å². The lowest BCUT2D eigenvalue weighted by Crippen LogP contribution is -2.48. The predicted molar refractivity (Wildman–Crippen MR) is 154 cm³/mol. The number of carbonyl (C=O) groups is 1. The van der Waals surface area contributed by atoms with Crippen molar-refractivity contribution >= 4 is 52.1 Å². The van der Waals surface area contributed by atoms with Gasteiger partial charge in [0.2, 0.25) is 5.91 Å². The summed E-state index contributed by atoms with van der Waals surface area (Å²) in [7, 11) is 0. The summed E-state index contributed by atoms with van der Waals surface area (Å²) in [6.07, 6.45) is 0.688. The number of piperidine rings is 1. The minimum Gasteiger partial charge on any atom is -0.343 e. The van der Waals surface area contributed by atoms with Crippen molar-refractivity contribution in [3.63, 3.8) is 0 Å². The highest BCUT2D eigenvalue weighted by molar-refractivity contribution is 7.80. The van der Waals surface area contributed by atoms with E-state index in [9.17, 15) is 18.0 Å². The molecule has 2 heterocycles. The van der Waals surface area contributed by atoms with E-state index in [4.69, 9.17) is 35.4 Å². The second-order valence-electron chi connectivity index (χ2n) is 10.2. The van der Waals surface area contributed by atoms with Gasteiger partial charge in [0.1, 0.15) is 0 Å². The number of rotatable bonds is 7. The first-order valence-electron chi connectivity index (χ1n) is 13.3. The van der Waals surface area contributed by atoms with Gasteiger partial charge in [-0.2, -0.15) is 13.2 Å². The molecule has 0 aliphatic carbocycles. The van der Waals surface area contributed by atoms with Crippen LogP contribution in [0.2, 0.25) is 10.0 Å². The summed E-state index contributed by atoms with van der Waals surface area (Å²) in [6, 6.07) is 10.1. The second-order valence-corrected chi connectivity index (χ2v) is 11.4. The maximum absolute atomic E-state index is 13.4. The van der Waals surface area contributed by atoms with Crippen LogP contribution in [0.1, 0.15) is 43.2 Å². The third-order valence-corrected chi connectivity index (χ3v) is 8.38. The summed E-state index contributed by atoms with van der Waals surface area (Å²) < 4.78 is 40.2. The van der Waals surface area contributed by atoms with Crippen molar-refractivity contribution in [1.82, 2.24) is 14.7 Å². The van der Waals surface area contributed by atoms with Gasteiger partial charge in [-0.3, -0.25) is 4.79 Å². The zero-order valence-electron chi connectivity index (χ0n) is 21.7. The number of alkyl halides is 3. The fourth-order valence-corrected chi connectivity index (χ4v) is 5.91. The molecule has 5 nitrogen and oxygen atoms in total. The largest absolute Gasteiger partial charge is 0.416 e. The molecule has 4 rings (SSSR count). The molecular formula is C28H33Cl2F3N4OS. The number of nitrogens with zero attached hydrogens (tertiary/aromatic N) is 3. The first kappa shape index (κ1) is 29.9. The van der Waals surface area contributed by atoms with Crippen molar-refractivity contribution in [3.05, 3.63) is 63.6 Å². The van der Waals surface area contributed by atoms with Gasteiger partial charge < -0.3 is 20.0 Å². The Morgan fingerprint density at radius 3 is 2.49 bits per heavy atom. The van der Waals surface area contributed by atoms with Crippen LogP contribution in [0, 0.1) is 0 Å². The number of thiocarbonyl (C=S) groups is 1. The quantitative estimate of drug-likeness (QED) is 0.357. The molecule has 2 aromatic carbocycles. The summed E-state index contributed by atoms with van der Waals surface area (Å²) >= 11 is 17.9. The number of carbonyl (C=O) groups excluding carboxylic acids is 1. The molecule has 0 saturated carbocycles. The van der Waals surface area contributed by atoms with Crippen LogP contribution >= 0.6 is 35.4 Å². The normalized spacial score (nSPS) is 19.2. The van der Waals surface area contributed by atoms with Crippen molar-refractivity contribution < 1.29 is 18.0 Å². The van der Waals surface area contributed by atoms with Gasteiger partial charge in [-0.15, -0.1) is 0 Å². The molecule has 0 radical (unpaired) electrons. The van der Waals surface area contributed by atoms with Gasteiger partial charge in [0.15, 0.2) is 5.11 Å². The molecule has 1 unspecified atom stereocenters. The molecule has 1 amide bonds. The zero-order valence-corrected chi connectivity index (χ0v) is 24.0. The van der Waals surface area contributed by atoms with Crippen molar-refractivity contribution in [3.8, 4) is 0 Å². The Morgan fingerprint density at radius 2 is 1.77 bits per heavy atom. The van der Waals surface area contributed by atoms with E-state index >= 15 is 0 Å². The van der Waals surface area contributed by atoms with Crippen molar-refractivity contribution in [1.29, 1.82) is 0 Å². The van der Waals surface area contributed by atoms with E-state index in [2.05, 4.69) is 10.2 Å². The van der Waals surface area contributed by atoms with Crippen LogP contribution in [0.5, 0.6) is 0 Å². The number of amides is 1. The summed E-state index contributed by atoms with van der Waals surface area (Å²) in [5.41, 5.74) is 0.493. The smallest absolute Gasteiger partial charge is 0.343 e. The van der Waals surface area contributed by atoms with Crippen LogP contribution in [-0.2, 0) is 17.4 Å². The maximum Gasteiger partial charge on any atom is 0.416 e. The number of benzene rings is 2. The first-order chi connectivity index (χ1) is 18.6. The molecule has 2 saturated heterocycles. The Balaban J connectivity index is 1.52. The summed E-state index contributed by atoms with van der Waals surface area (Å²) in [5.74, 6) is 0.0301. The van der Waals surface area contributed by atoms with Crippen LogP contribution in [-0.4, -0.2) is 71.0 Å². The van der Waals surface area contributed by atoms with Crippen molar-refractivity contribution in [2.75, 3.05) is 44.6 Å². The van der Waals surface area contributed by atoms with Gasteiger partial charge in [0.25, 0.3) is 0 Å². The molecular weight excluding hydrogens is 568 g/mol. The van der Waals surface area contributed by atoms with Crippen LogP contribution in [0.4, 0.5) is 18.9 Å². The van der Waals surface area contributed by atoms with Gasteiger partial charge in [-0.05, 0) is 87.4 Å². The Morgan fingerprint density at radius 1 is 1.00 bits per heavy atom. The topological polar surface area (TPSA) is 38.8 Å². The average molecular weight is 602 g/mol. The van der Waals surface area contributed by atoms with Crippen LogP contribution in [0.3, 0.4) is 0 Å². The van der Waals surface area contributed by atoms with E-state index in [0.717, 1.165) is 32.1 Å². The van der Waals surface area contributed by atoms with Crippen LogP contribution < -0.4 is 5.32 Å². The molecule has 1 N–H and O–H groups in total. The summed E-state index contributed by atoms with van der Waals surface area (Å²) in [5, 5.41) is 4.34. The fourth-order valence-electron chi connectivity index (χ4n) is 5.25. The van der Waals surface area contributed by atoms with Crippen molar-refractivity contribution in [2.24, 2.45) is 0 Å². The summed E-state index contributed by atoms with van der Waals surface area (Å²) in [4.78, 5) is 19.3. The van der Waals surface area contributed by atoms with E-state index in [1.54, 1.807) is 24.3 Å². The Hall–Kier alpha value is -2.07. The minimum absolute atomic E-state index is 0.0301. The van der Waals surface area contributed by atoms with Crippen molar-refractivity contribution in [2.45, 2.75) is 50.7 Å². The first-order valence-corrected chi connectivity index (χ1v) is 14.5. The standard InChI is InChI=1S/C28H33Cl2F3N4OS/c29-24-9-8-22(18-25(24)30)34-27(39)37-15-10-26(38)36(14-5-13-35-11-2-1-3-12-35)19-23(37)17-20-6-4-7-21(16-20)28(31,32)33/h4,6-9,16,18,23H,1-3,5,10-15,17,19H2,(H,34,39). The summed E-state index contributed by atoms with van der Waals surface area (Å²) in [6.45, 7) is 4.46. The minimum atomic E-state index is -4.43. The molecule has 2 aliphatic rings. The van der Waals surface area contributed by atoms with E-state index in [1.165, 1.54) is 31.4 Å². The lowest BCUT2D eigenvalue weighted by Gasteiger charge is -2.34. The lowest BCUT2D eigenvalue weighted by molar-refractivity contribution is -0.137. The predicted octanol–water partition coefficient (Wildman–Crippen LogP) is 6.73. The lowest BCUT2D eigenvalue weighted by atomic mass is 10.0. The van der Waals surface area contributed by atoms with E-state index in [-0.39, 0.29) is 18.4 Å². The third-order valence-electron chi connectivity index (χ3n) is 7.30. The molecule has 212 valence electrons. The van der Waals surface area contributed by atoms with Crippen LogP contribution in [0.15, 0.2) is 42.5 Å². The highest BCUT2D eigenvalue weighted by Crippen LogP contribution is 2.30. The number of nitrogens with one attached hydrogen (secondary N) is 1. The number of hydrogen-bond acceptors (Lipinski definition) is 3. The Kier molecular flexibility index (Phi) is 10.4. The van der Waals surface area contributed by atoms with E-state index in [1.807, 2.05) is 9.80 Å². The molecule has 2 fully saturated rings. The monoisotopic (exact) mass is 600 g/mol. The van der Waals surface area contributed by atoms with Gasteiger partial charge in [-0.1, -0.05) is 47.8 Å². The number of likely N-dealkylation sites (tertiary alicyclic amines) is 1. The van der Waals surface area contributed by atoms with E-state index in [0.29, 0.717) is 52.5 Å². The molecule has 1 atom stereocenters. The van der Waals surface area contributed by atoms with Gasteiger partial charge in [-0.25, -0.2) is 0 Å². The van der Waals surface area contributed by atoms with Gasteiger partial charge in [0.05, 0.1) is 21.7 Å². The maximum atomic E-state index is 13.4. The molecule has 39 heavy (non-hydrogen) atoms. The highest BCUT2D eigenvalue weighted by atomic mass is 35.5. The molecule has 0 aromatic heterocycles. The zero-order chi connectivity index (χ0) is 28.0. The van der Waals surface area contributed by atoms with Gasteiger partial charge >= 0.3 is 6.18 Å².